The summed E-state index contributed by atoms with van der Waals surface area (Å²) in [5.41, 5.74) is 0. The Hall–Kier alpha value is -0.0500. The van der Waals surface area contributed by atoms with E-state index in [1.165, 1.54) is 0 Å². The van der Waals surface area contributed by atoms with Crippen LogP contribution in [0.1, 0.15) is 13.8 Å². The number of methoxy groups -OCH3 is 1. The highest BCUT2D eigenvalue weighted by Gasteiger charge is 2.11. The van der Waals surface area contributed by atoms with Crippen molar-refractivity contribution >= 4 is 11.6 Å². The molecule has 0 aliphatic carbocycles. The van der Waals surface area contributed by atoms with Crippen molar-refractivity contribution in [3.05, 3.63) is 11.6 Å². The van der Waals surface area contributed by atoms with Gasteiger partial charge in [0.15, 0.2) is 0 Å². The van der Waals surface area contributed by atoms with E-state index in [4.69, 9.17) is 16.3 Å². The Kier molecular flexibility index (Phi) is 6.44. The van der Waals surface area contributed by atoms with Gasteiger partial charge in [-0.15, -0.1) is 0 Å². The first-order chi connectivity index (χ1) is 5.57. The molecule has 1 N–H and O–H groups in total. The highest BCUT2D eigenvalue weighted by molar-refractivity contribution is 6.29. The number of nitrogens with one attached hydrogen (secondary N) is 1. The first kappa shape index (κ1) is 11.9. The number of hydrogen-bond donors (Lipinski definition) is 1. The molecule has 0 aromatic carbocycles. The highest BCUT2D eigenvalue weighted by Crippen LogP contribution is 2.03. The molecule has 0 bridgehead atoms. The molecule has 0 radical (unpaired) electrons. The summed E-state index contributed by atoms with van der Waals surface area (Å²) in [6.07, 6.45) is 0. The van der Waals surface area contributed by atoms with Crippen LogP contribution in [-0.2, 0) is 4.74 Å². The van der Waals surface area contributed by atoms with Crippen LogP contribution in [0.3, 0.4) is 0 Å². The molecule has 0 aromatic heterocycles. The first-order valence-corrected chi connectivity index (χ1v) is 4.51. The zero-order chi connectivity index (χ0) is 9.56. The molecule has 2 nitrogen and oxygen atoms in total. The fourth-order valence-electron chi connectivity index (χ4n) is 0.908. The van der Waals surface area contributed by atoms with Gasteiger partial charge in [-0.3, -0.25) is 0 Å². The van der Waals surface area contributed by atoms with Gasteiger partial charge in [-0.2, -0.15) is 0 Å². The van der Waals surface area contributed by atoms with E-state index >= 15 is 0 Å². The summed E-state index contributed by atoms with van der Waals surface area (Å²) in [5.74, 6) is 0.543. The van der Waals surface area contributed by atoms with Crippen molar-refractivity contribution in [3.8, 4) is 0 Å². The quantitative estimate of drug-likeness (QED) is 0.694. The predicted octanol–water partition coefficient (Wildman–Crippen LogP) is 2.00. The largest absolute Gasteiger partial charge is 0.383 e. The van der Waals surface area contributed by atoms with Crippen LogP contribution in [0.4, 0.5) is 0 Å². The van der Waals surface area contributed by atoms with Gasteiger partial charge in [0.05, 0.1) is 6.61 Å². The van der Waals surface area contributed by atoms with Crippen LogP contribution in [0.5, 0.6) is 0 Å². The van der Waals surface area contributed by atoms with Crippen molar-refractivity contribution in [2.75, 3.05) is 20.3 Å². The zero-order valence-electron chi connectivity index (χ0n) is 8.06. The van der Waals surface area contributed by atoms with E-state index < -0.39 is 0 Å². The lowest BCUT2D eigenvalue weighted by Crippen LogP contribution is -2.38. The van der Waals surface area contributed by atoms with Gasteiger partial charge < -0.3 is 10.1 Å². The van der Waals surface area contributed by atoms with Gasteiger partial charge in [-0.05, 0) is 5.92 Å². The molecule has 0 aromatic rings. The second-order valence-corrected chi connectivity index (χ2v) is 3.74. The van der Waals surface area contributed by atoms with Crippen LogP contribution in [0.2, 0.25) is 0 Å². The fourth-order valence-corrected chi connectivity index (χ4v) is 0.986. The molecule has 0 heterocycles. The summed E-state index contributed by atoms with van der Waals surface area (Å²) in [4.78, 5) is 0. The van der Waals surface area contributed by atoms with E-state index in [-0.39, 0.29) is 0 Å². The molecule has 0 amide bonds. The molecule has 3 heteroatoms. The molecular weight excluding hydrogens is 174 g/mol. The molecule has 72 valence electrons. The Morgan fingerprint density at radius 2 is 2.17 bits per heavy atom. The lowest BCUT2D eigenvalue weighted by Gasteiger charge is -2.21. The summed E-state index contributed by atoms with van der Waals surface area (Å²) in [7, 11) is 1.70. The molecule has 0 aliphatic rings. The van der Waals surface area contributed by atoms with E-state index in [1.54, 1.807) is 7.11 Å². The van der Waals surface area contributed by atoms with Gasteiger partial charge in [0.1, 0.15) is 0 Å². The van der Waals surface area contributed by atoms with Crippen molar-refractivity contribution in [1.29, 1.82) is 0 Å². The lowest BCUT2D eigenvalue weighted by molar-refractivity contribution is 0.149. The normalized spacial score (nSPS) is 13.4. The molecule has 0 spiro atoms. The number of rotatable bonds is 6. The summed E-state index contributed by atoms with van der Waals surface area (Å²) in [5, 5.41) is 3.90. The van der Waals surface area contributed by atoms with Crippen LogP contribution < -0.4 is 5.32 Å². The van der Waals surface area contributed by atoms with Crippen LogP contribution in [0.15, 0.2) is 11.6 Å². The van der Waals surface area contributed by atoms with Gasteiger partial charge in [0.2, 0.25) is 0 Å². The van der Waals surface area contributed by atoms with Gasteiger partial charge in [-0.25, -0.2) is 0 Å². The topological polar surface area (TPSA) is 21.3 Å². The van der Waals surface area contributed by atoms with E-state index in [9.17, 15) is 0 Å². The molecule has 1 atom stereocenters. The molecule has 0 saturated carbocycles. The van der Waals surface area contributed by atoms with Gasteiger partial charge >= 0.3 is 0 Å². The van der Waals surface area contributed by atoms with E-state index in [2.05, 4.69) is 25.7 Å². The second-order valence-electron chi connectivity index (χ2n) is 3.20. The molecule has 0 rings (SSSR count). The molecule has 12 heavy (non-hydrogen) atoms. The Balaban J connectivity index is 3.70. The monoisotopic (exact) mass is 191 g/mol. The maximum Gasteiger partial charge on any atom is 0.0618 e. The summed E-state index contributed by atoms with van der Waals surface area (Å²) < 4.78 is 5.06. The van der Waals surface area contributed by atoms with Crippen LogP contribution in [-0.4, -0.2) is 26.3 Å². The van der Waals surface area contributed by atoms with Crippen LogP contribution in [0, 0.1) is 5.92 Å². The lowest BCUT2D eigenvalue weighted by atomic mass is 10.1. The van der Waals surface area contributed by atoms with Crippen molar-refractivity contribution in [2.24, 2.45) is 5.92 Å². The van der Waals surface area contributed by atoms with Gasteiger partial charge in [-0.1, -0.05) is 32.0 Å². The van der Waals surface area contributed by atoms with E-state index in [1.807, 2.05) is 0 Å². The van der Waals surface area contributed by atoms with Crippen molar-refractivity contribution < 1.29 is 4.74 Å². The predicted molar refractivity (Wildman–Crippen MR) is 53.5 cm³/mol. The Labute approximate surface area is 79.9 Å². The Morgan fingerprint density at radius 1 is 1.58 bits per heavy atom. The van der Waals surface area contributed by atoms with Crippen molar-refractivity contribution in [3.63, 3.8) is 0 Å². The summed E-state index contributed by atoms with van der Waals surface area (Å²) in [6, 6.07) is 0.352. The van der Waals surface area contributed by atoms with Gasteiger partial charge in [0, 0.05) is 24.7 Å². The molecule has 1 unspecified atom stereocenters. The molecule has 0 aliphatic heterocycles. The highest BCUT2D eigenvalue weighted by atomic mass is 35.5. The third-order valence-corrected chi connectivity index (χ3v) is 1.84. The van der Waals surface area contributed by atoms with E-state index in [0.29, 0.717) is 30.1 Å². The average Bonchev–Trinajstić information content (AvgIpc) is 1.96. The van der Waals surface area contributed by atoms with Crippen molar-refractivity contribution in [2.45, 2.75) is 19.9 Å². The van der Waals surface area contributed by atoms with Crippen LogP contribution in [0.25, 0.3) is 0 Å². The Bertz CT molecular complexity index is 136. The molecule has 0 saturated heterocycles. The minimum absolute atomic E-state index is 0.352. The third-order valence-electron chi connectivity index (χ3n) is 1.71. The number of halogens is 1. The minimum Gasteiger partial charge on any atom is -0.383 e. The van der Waals surface area contributed by atoms with E-state index in [0.717, 1.165) is 0 Å². The average molecular weight is 192 g/mol. The van der Waals surface area contributed by atoms with Crippen LogP contribution >= 0.6 is 11.6 Å². The smallest absolute Gasteiger partial charge is 0.0618 e. The zero-order valence-corrected chi connectivity index (χ0v) is 8.82. The Morgan fingerprint density at radius 3 is 2.50 bits per heavy atom. The van der Waals surface area contributed by atoms with Crippen molar-refractivity contribution in [1.82, 2.24) is 5.32 Å². The number of hydrogen-bond acceptors (Lipinski definition) is 2. The maximum absolute atomic E-state index is 5.63. The van der Waals surface area contributed by atoms with Gasteiger partial charge in [0.25, 0.3) is 0 Å². The second kappa shape index (κ2) is 6.46. The molecular formula is C9H18ClNO. The number of ether oxygens (including phenoxy) is 1. The third kappa shape index (κ3) is 5.58. The minimum atomic E-state index is 0.352. The summed E-state index contributed by atoms with van der Waals surface area (Å²) in [6.45, 7) is 9.26. The standard InChI is InChI=1S/C9H18ClNO/c1-7(2)9(6-12-4)11-5-8(3)10/h7,9,11H,3,5-6H2,1-2,4H3. The first-order valence-electron chi connectivity index (χ1n) is 4.13. The maximum atomic E-state index is 5.63. The molecule has 0 fully saturated rings. The summed E-state index contributed by atoms with van der Waals surface area (Å²) >= 11 is 5.63. The fraction of sp³-hybridized carbons (Fsp3) is 0.778. The SMILES string of the molecule is C=C(Cl)CNC(COC)C(C)C.